The molecule has 0 aromatic heterocycles. The Hall–Kier alpha value is -1.48. The molecular formula is C15H20ClNO2. The van der Waals surface area contributed by atoms with Gasteiger partial charge in [-0.2, -0.15) is 0 Å². The van der Waals surface area contributed by atoms with Gasteiger partial charge in [0.25, 0.3) is 0 Å². The van der Waals surface area contributed by atoms with Crippen molar-refractivity contribution in [3.8, 4) is 0 Å². The first-order valence-electron chi connectivity index (χ1n) is 6.08. The zero-order chi connectivity index (χ0) is 14.8. The number of halogens is 1. The number of hydrogen-bond donors (Lipinski definition) is 1. The number of carbonyl (C=O) groups is 1. The molecule has 0 spiro atoms. The molecule has 0 aliphatic heterocycles. The molecule has 3 nitrogen and oxygen atoms in total. The summed E-state index contributed by atoms with van der Waals surface area (Å²) in [6, 6.07) is 3.56. The van der Waals surface area contributed by atoms with E-state index in [0.717, 1.165) is 11.1 Å². The van der Waals surface area contributed by atoms with Crippen molar-refractivity contribution >= 4 is 29.3 Å². The molecule has 0 aliphatic rings. The Balaban J connectivity index is 3.03. The molecule has 0 saturated heterocycles. The van der Waals surface area contributed by atoms with Crippen LogP contribution in [-0.2, 0) is 9.53 Å². The van der Waals surface area contributed by atoms with Gasteiger partial charge in [0, 0.05) is 5.57 Å². The normalized spacial score (nSPS) is 12.4. The average Bonchev–Trinajstić information content (AvgIpc) is 2.27. The fourth-order valence-corrected chi connectivity index (χ4v) is 1.72. The van der Waals surface area contributed by atoms with Gasteiger partial charge in [-0.05, 0) is 57.9 Å². The summed E-state index contributed by atoms with van der Waals surface area (Å²) >= 11 is 5.93. The van der Waals surface area contributed by atoms with Crippen molar-refractivity contribution < 1.29 is 9.53 Å². The third-order valence-electron chi connectivity index (χ3n) is 2.60. The van der Waals surface area contributed by atoms with E-state index in [-0.39, 0.29) is 5.97 Å². The van der Waals surface area contributed by atoms with Crippen molar-refractivity contribution in [2.24, 2.45) is 0 Å². The highest BCUT2D eigenvalue weighted by Crippen LogP contribution is 2.26. The third-order valence-corrected chi connectivity index (χ3v) is 2.93. The molecule has 0 fully saturated rings. The second-order valence-corrected chi connectivity index (χ2v) is 5.91. The Labute approximate surface area is 119 Å². The second-order valence-electron chi connectivity index (χ2n) is 5.50. The highest BCUT2D eigenvalue weighted by atomic mass is 35.5. The lowest BCUT2D eigenvalue weighted by Gasteiger charge is -2.19. The maximum atomic E-state index is 11.9. The molecule has 0 unspecified atom stereocenters. The molecule has 1 aromatic rings. The smallest absolute Gasteiger partial charge is 0.334 e. The topological polar surface area (TPSA) is 52.3 Å². The lowest BCUT2D eigenvalue weighted by molar-refractivity contribution is -0.149. The fourth-order valence-electron chi connectivity index (χ4n) is 1.52. The quantitative estimate of drug-likeness (QED) is 0.507. The molecule has 0 saturated carbocycles. The lowest BCUT2D eigenvalue weighted by atomic mass is 10.0. The molecule has 2 N–H and O–H groups in total. The van der Waals surface area contributed by atoms with Crippen LogP contribution in [0.15, 0.2) is 17.7 Å². The fraction of sp³-hybridized carbons (Fsp3) is 0.400. The van der Waals surface area contributed by atoms with Crippen LogP contribution in [0, 0.1) is 6.92 Å². The van der Waals surface area contributed by atoms with Gasteiger partial charge in [-0.15, -0.1) is 0 Å². The first kappa shape index (κ1) is 15.6. The summed E-state index contributed by atoms with van der Waals surface area (Å²) in [5.41, 5.74) is 8.14. The predicted octanol–water partition coefficient (Wildman–Crippen LogP) is 3.98. The molecule has 0 heterocycles. The molecule has 0 bridgehead atoms. The van der Waals surface area contributed by atoms with Gasteiger partial charge in [-0.3, -0.25) is 0 Å². The lowest BCUT2D eigenvalue weighted by Crippen LogP contribution is -2.24. The zero-order valence-electron chi connectivity index (χ0n) is 12.0. The van der Waals surface area contributed by atoms with Crippen molar-refractivity contribution in [2.75, 3.05) is 5.73 Å². The van der Waals surface area contributed by atoms with Crippen LogP contribution in [0.3, 0.4) is 0 Å². The summed E-state index contributed by atoms with van der Waals surface area (Å²) in [6.45, 7) is 9.10. The van der Waals surface area contributed by atoms with Crippen LogP contribution in [0.4, 0.5) is 5.69 Å². The Bertz CT molecular complexity index is 528. The Morgan fingerprint density at radius 3 is 2.47 bits per heavy atom. The van der Waals surface area contributed by atoms with Gasteiger partial charge in [0.1, 0.15) is 5.60 Å². The summed E-state index contributed by atoms with van der Waals surface area (Å²) in [6.07, 6.45) is 1.76. The second kappa shape index (κ2) is 5.66. The molecule has 1 aromatic carbocycles. The van der Waals surface area contributed by atoms with Crippen LogP contribution in [0.1, 0.15) is 38.8 Å². The van der Waals surface area contributed by atoms with Crippen LogP contribution in [0.5, 0.6) is 0 Å². The monoisotopic (exact) mass is 281 g/mol. The predicted molar refractivity (Wildman–Crippen MR) is 80.1 cm³/mol. The Morgan fingerprint density at radius 2 is 1.95 bits per heavy atom. The van der Waals surface area contributed by atoms with Crippen molar-refractivity contribution in [3.63, 3.8) is 0 Å². The molecule has 104 valence electrons. The largest absolute Gasteiger partial charge is 0.457 e. The standard InChI is InChI=1S/C15H20ClNO2/c1-9(14(18)19-15(3,4)5)8-11-6-7-12(16)13(17)10(11)2/h6-8H,17H2,1-5H3/b9-8+. The number of nitrogens with two attached hydrogens (primary N) is 1. The van der Waals surface area contributed by atoms with E-state index in [0.29, 0.717) is 16.3 Å². The average molecular weight is 282 g/mol. The minimum absolute atomic E-state index is 0.333. The van der Waals surface area contributed by atoms with Crippen LogP contribution < -0.4 is 5.73 Å². The molecule has 0 aliphatic carbocycles. The van der Waals surface area contributed by atoms with E-state index >= 15 is 0 Å². The van der Waals surface area contributed by atoms with E-state index in [1.165, 1.54) is 0 Å². The molecule has 0 amide bonds. The van der Waals surface area contributed by atoms with E-state index in [1.54, 1.807) is 19.1 Å². The number of anilines is 1. The number of rotatable bonds is 2. The van der Waals surface area contributed by atoms with Gasteiger partial charge in [-0.1, -0.05) is 17.7 Å². The van der Waals surface area contributed by atoms with Crippen LogP contribution in [0.2, 0.25) is 5.02 Å². The number of carbonyl (C=O) groups excluding carboxylic acids is 1. The first-order chi connectivity index (χ1) is 8.61. The van der Waals surface area contributed by atoms with Gasteiger partial charge in [-0.25, -0.2) is 4.79 Å². The number of ether oxygens (including phenoxy) is 1. The van der Waals surface area contributed by atoms with Crippen LogP contribution in [-0.4, -0.2) is 11.6 Å². The summed E-state index contributed by atoms with van der Waals surface area (Å²) in [7, 11) is 0. The van der Waals surface area contributed by atoms with Gasteiger partial charge in [0.2, 0.25) is 0 Å². The van der Waals surface area contributed by atoms with Gasteiger partial charge in [0.15, 0.2) is 0 Å². The number of benzene rings is 1. The van der Waals surface area contributed by atoms with Crippen molar-refractivity contribution in [1.29, 1.82) is 0 Å². The van der Waals surface area contributed by atoms with E-state index in [4.69, 9.17) is 22.1 Å². The molecule has 19 heavy (non-hydrogen) atoms. The molecule has 0 radical (unpaired) electrons. The summed E-state index contributed by atoms with van der Waals surface area (Å²) in [4.78, 5) is 11.9. The van der Waals surface area contributed by atoms with E-state index in [9.17, 15) is 4.79 Å². The minimum atomic E-state index is -0.500. The number of esters is 1. The van der Waals surface area contributed by atoms with Crippen molar-refractivity contribution in [3.05, 3.63) is 33.9 Å². The summed E-state index contributed by atoms with van der Waals surface area (Å²) < 4.78 is 5.30. The van der Waals surface area contributed by atoms with Crippen molar-refractivity contribution in [2.45, 2.75) is 40.2 Å². The maximum absolute atomic E-state index is 11.9. The van der Waals surface area contributed by atoms with Gasteiger partial charge < -0.3 is 10.5 Å². The summed E-state index contributed by atoms with van der Waals surface area (Å²) in [5, 5.41) is 0.518. The highest BCUT2D eigenvalue weighted by Gasteiger charge is 2.17. The Kier molecular flexibility index (Phi) is 4.64. The highest BCUT2D eigenvalue weighted by molar-refractivity contribution is 6.33. The van der Waals surface area contributed by atoms with Gasteiger partial charge >= 0.3 is 5.97 Å². The third kappa shape index (κ3) is 4.28. The van der Waals surface area contributed by atoms with Crippen LogP contribution >= 0.6 is 11.6 Å². The Morgan fingerprint density at radius 1 is 1.37 bits per heavy atom. The number of nitrogen functional groups attached to an aromatic ring is 1. The maximum Gasteiger partial charge on any atom is 0.334 e. The van der Waals surface area contributed by atoms with Gasteiger partial charge in [0.05, 0.1) is 10.7 Å². The van der Waals surface area contributed by atoms with E-state index < -0.39 is 5.60 Å². The molecule has 1 rings (SSSR count). The van der Waals surface area contributed by atoms with Crippen LogP contribution in [0.25, 0.3) is 6.08 Å². The van der Waals surface area contributed by atoms with Crippen molar-refractivity contribution in [1.82, 2.24) is 0 Å². The first-order valence-corrected chi connectivity index (χ1v) is 6.46. The molecule has 4 heteroatoms. The summed E-state index contributed by atoms with van der Waals surface area (Å²) in [5.74, 6) is -0.333. The zero-order valence-corrected chi connectivity index (χ0v) is 12.8. The van der Waals surface area contributed by atoms with E-state index in [2.05, 4.69) is 0 Å². The molecule has 0 atom stereocenters. The number of hydrogen-bond acceptors (Lipinski definition) is 3. The minimum Gasteiger partial charge on any atom is -0.457 e. The molecular weight excluding hydrogens is 262 g/mol. The SMILES string of the molecule is C/C(=C\c1ccc(Cl)c(N)c1C)C(=O)OC(C)(C)C. The van der Waals surface area contributed by atoms with E-state index in [1.807, 2.05) is 33.8 Å².